The van der Waals surface area contributed by atoms with E-state index < -0.39 is 12.1 Å². The fourth-order valence-corrected chi connectivity index (χ4v) is 3.08. The molecule has 5 nitrogen and oxygen atoms in total. The van der Waals surface area contributed by atoms with Crippen molar-refractivity contribution in [3.8, 4) is 11.5 Å². The average molecular weight is 363 g/mol. The summed E-state index contributed by atoms with van der Waals surface area (Å²) in [6.45, 7) is 5.69. The van der Waals surface area contributed by atoms with Crippen LogP contribution in [-0.2, 0) is 15.9 Å². The van der Waals surface area contributed by atoms with Crippen molar-refractivity contribution in [2.24, 2.45) is 0 Å². The predicted octanol–water partition coefficient (Wildman–Crippen LogP) is 3.68. The molecule has 2 aliphatic heterocycles. The van der Waals surface area contributed by atoms with E-state index in [4.69, 9.17) is 21.1 Å². The quantitative estimate of drug-likeness (QED) is 0.543. The van der Waals surface area contributed by atoms with Gasteiger partial charge in [0.1, 0.15) is 29.3 Å². The molecule has 1 fully saturated rings. The molecule has 0 bridgehead atoms. The van der Waals surface area contributed by atoms with Gasteiger partial charge in [0, 0.05) is 12.5 Å². The van der Waals surface area contributed by atoms with Crippen LogP contribution in [0.25, 0.3) is 0 Å². The van der Waals surface area contributed by atoms with Crippen LogP contribution in [0, 0.1) is 0 Å². The minimum absolute atomic E-state index is 0.000166. The molecule has 0 spiro atoms. The molecule has 3 atom stereocenters. The van der Waals surface area contributed by atoms with Gasteiger partial charge in [-0.3, -0.25) is 0 Å². The summed E-state index contributed by atoms with van der Waals surface area (Å²) in [4.78, 5) is 12.6. The molecule has 1 aromatic rings. The maximum Gasteiger partial charge on any atom is 0.342 e. The highest BCUT2D eigenvalue weighted by atomic mass is 35.5. The molecule has 0 amide bonds. The molecule has 1 aromatic carbocycles. The van der Waals surface area contributed by atoms with Gasteiger partial charge in [0.05, 0.1) is 11.1 Å². The van der Waals surface area contributed by atoms with E-state index in [2.05, 4.69) is 6.58 Å². The van der Waals surface area contributed by atoms with Crippen LogP contribution in [0.5, 0.6) is 11.5 Å². The van der Waals surface area contributed by atoms with Crippen LogP contribution in [0.3, 0.4) is 0 Å². The van der Waals surface area contributed by atoms with Crippen LogP contribution in [0.4, 0.5) is 0 Å². The Hall–Kier alpha value is -2.24. The van der Waals surface area contributed by atoms with Crippen LogP contribution >= 0.6 is 11.6 Å². The molecule has 3 rings (SSSR count). The number of fused-ring (bicyclic) bond motifs is 2. The minimum Gasteiger partial charge on any atom is -0.507 e. The predicted molar refractivity (Wildman–Crippen MR) is 94.1 cm³/mol. The molecule has 0 saturated carbocycles. The van der Waals surface area contributed by atoms with Crippen molar-refractivity contribution < 1.29 is 24.5 Å². The van der Waals surface area contributed by atoms with Gasteiger partial charge in [-0.2, -0.15) is 0 Å². The molecular weight excluding hydrogens is 344 g/mol. The molecule has 132 valence electrons. The van der Waals surface area contributed by atoms with Gasteiger partial charge in [-0.15, -0.1) is 0 Å². The molecule has 2 heterocycles. The van der Waals surface area contributed by atoms with Crippen molar-refractivity contribution in [1.29, 1.82) is 0 Å². The maximum absolute atomic E-state index is 12.6. The summed E-state index contributed by atoms with van der Waals surface area (Å²) in [7, 11) is 0. The van der Waals surface area contributed by atoms with Gasteiger partial charge in [0.25, 0.3) is 0 Å². The highest BCUT2D eigenvalue weighted by molar-refractivity contribution is 6.33. The number of benzene rings is 1. The number of halogens is 1. The van der Waals surface area contributed by atoms with Crippen molar-refractivity contribution in [3.05, 3.63) is 58.7 Å². The molecular formula is C19H19ClO5. The van der Waals surface area contributed by atoms with E-state index in [9.17, 15) is 15.0 Å². The highest BCUT2D eigenvalue weighted by Gasteiger charge is 2.38. The number of carbonyl (C=O) groups is 1. The van der Waals surface area contributed by atoms with Crippen molar-refractivity contribution in [2.45, 2.75) is 38.1 Å². The van der Waals surface area contributed by atoms with E-state index >= 15 is 0 Å². The Morgan fingerprint density at radius 3 is 2.80 bits per heavy atom. The standard InChI is InChI=1S/C19H19ClO5/c1-10-5-3-4-6-15-16(25-15)8-11(2)24-19(23)17-12(7-10)18(20)14(22)9-13(17)21/h3-6,9,11,15-16,21-22H,1,7-8H2,2H3/b5-3+,6-4-/t11-,15-,16-/m1/s1. The first kappa shape index (κ1) is 17.6. The summed E-state index contributed by atoms with van der Waals surface area (Å²) in [5.74, 6) is -1.37. The van der Waals surface area contributed by atoms with E-state index in [1.807, 2.05) is 18.2 Å². The summed E-state index contributed by atoms with van der Waals surface area (Å²) >= 11 is 6.16. The van der Waals surface area contributed by atoms with E-state index in [0.717, 1.165) is 6.07 Å². The second-order valence-electron chi connectivity index (χ2n) is 6.25. The number of aromatic hydroxyl groups is 2. The molecule has 2 aliphatic rings. The zero-order valence-electron chi connectivity index (χ0n) is 13.7. The number of ether oxygens (including phenoxy) is 2. The van der Waals surface area contributed by atoms with Crippen LogP contribution in [0.1, 0.15) is 29.3 Å². The number of allylic oxidation sites excluding steroid dienone is 4. The lowest BCUT2D eigenvalue weighted by atomic mass is 9.98. The second kappa shape index (κ2) is 6.94. The molecule has 0 radical (unpaired) electrons. The molecule has 2 N–H and O–H groups in total. The second-order valence-corrected chi connectivity index (χ2v) is 6.63. The first-order chi connectivity index (χ1) is 11.9. The third-order valence-corrected chi connectivity index (χ3v) is 4.59. The van der Waals surface area contributed by atoms with Gasteiger partial charge < -0.3 is 19.7 Å². The van der Waals surface area contributed by atoms with Crippen LogP contribution in [0.15, 0.2) is 42.5 Å². The minimum atomic E-state index is -0.691. The van der Waals surface area contributed by atoms with Crippen molar-refractivity contribution in [1.82, 2.24) is 0 Å². The van der Waals surface area contributed by atoms with Gasteiger partial charge in [0.2, 0.25) is 0 Å². The van der Waals surface area contributed by atoms with Crippen molar-refractivity contribution in [3.63, 3.8) is 0 Å². The van der Waals surface area contributed by atoms with Gasteiger partial charge in [0.15, 0.2) is 0 Å². The molecule has 0 aromatic heterocycles. The Morgan fingerprint density at radius 1 is 1.28 bits per heavy atom. The summed E-state index contributed by atoms with van der Waals surface area (Å²) in [6, 6.07) is 1.04. The topological polar surface area (TPSA) is 79.3 Å². The number of cyclic esters (lactones) is 1. The summed E-state index contributed by atoms with van der Waals surface area (Å²) in [5, 5.41) is 20.0. The first-order valence-electron chi connectivity index (χ1n) is 7.99. The Balaban J connectivity index is 2.01. The normalized spacial score (nSPS) is 29.0. The monoisotopic (exact) mass is 362 g/mol. The molecule has 6 heteroatoms. The Morgan fingerprint density at radius 2 is 2.04 bits per heavy atom. The Kier molecular flexibility index (Phi) is 4.88. The van der Waals surface area contributed by atoms with Crippen molar-refractivity contribution >= 4 is 17.6 Å². The van der Waals surface area contributed by atoms with Crippen LogP contribution in [-0.4, -0.2) is 34.5 Å². The number of rotatable bonds is 0. The van der Waals surface area contributed by atoms with E-state index in [-0.39, 0.29) is 46.3 Å². The van der Waals surface area contributed by atoms with Crippen molar-refractivity contribution in [2.75, 3.05) is 0 Å². The van der Waals surface area contributed by atoms with Crippen LogP contribution < -0.4 is 0 Å². The molecule has 0 unspecified atom stereocenters. The number of hydrogen-bond donors (Lipinski definition) is 2. The number of phenolic OH excluding ortho intramolecular Hbond substituents is 2. The number of hydrogen-bond acceptors (Lipinski definition) is 5. The number of carbonyl (C=O) groups excluding carboxylic acids is 1. The summed E-state index contributed by atoms with van der Waals surface area (Å²) in [5.41, 5.74) is 0.890. The average Bonchev–Trinajstić information content (AvgIpc) is 3.25. The third kappa shape index (κ3) is 3.89. The highest BCUT2D eigenvalue weighted by Crippen LogP contribution is 2.38. The zero-order valence-corrected chi connectivity index (χ0v) is 14.5. The molecule has 1 saturated heterocycles. The molecule has 25 heavy (non-hydrogen) atoms. The number of epoxide rings is 1. The third-order valence-electron chi connectivity index (χ3n) is 4.17. The lowest BCUT2D eigenvalue weighted by molar-refractivity contribution is 0.0305. The molecule has 0 aliphatic carbocycles. The fraction of sp³-hybridized carbons (Fsp3) is 0.316. The lowest BCUT2D eigenvalue weighted by Crippen LogP contribution is -2.19. The maximum atomic E-state index is 12.6. The van der Waals surface area contributed by atoms with Gasteiger partial charge >= 0.3 is 5.97 Å². The first-order valence-corrected chi connectivity index (χ1v) is 8.37. The zero-order chi connectivity index (χ0) is 18.1. The SMILES string of the molecule is C=C1/C=C/C=C\[C@H]2O[C@@H]2C[C@@H](C)OC(=O)c2c(O)cc(O)c(Cl)c2C1. The largest absolute Gasteiger partial charge is 0.507 e. The number of phenols is 2. The lowest BCUT2D eigenvalue weighted by Gasteiger charge is -2.17. The van der Waals surface area contributed by atoms with Crippen LogP contribution in [0.2, 0.25) is 5.02 Å². The van der Waals surface area contributed by atoms with Gasteiger partial charge in [-0.25, -0.2) is 4.79 Å². The summed E-state index contributed by atoms with van der Waals surface area (Å²) in [6.07, 6.45) is 7.79. The fourth-order valence-electron chi connectivity index (χ4n) is 2.86. The summed E-state index contributed by atoms with van der Waals surface area (Å²) < 4.78 is 11.0. The van der Waals surface area contributed by atoms with Gasteiger partial charge in [-0.1, -0.05) is 48.1 Å². The van der Waals surface area contributed by atoms with Gasteiger partial charge in [-0.05, 0) is 18.9 Å². The van der Waals surface area contributed by atoms with E-state index in [0.29, 0.717) is 12.0 Å². The Labute approximate surface area is 150 Å². The number of esters is 1. The van der Waals surface area contributed by atoms with E-state index in [1.54, 1.807) is 13.0 Å². The van der Waals surface area contributed by atoms with E-state index in [1.165, 1.54) is 0 Å². The smallest absolute Gasteiger partial charge is 0.342 e. The Bertz CT molecular complexity index is 781.